The maximum absolute atomic E-state index is 5.20. The maximum Gasteiger partial charge on any atom is 0.136 e. The molecule has 106 valence electrons. The van der Waals surface area contributed by atoms with E-state index in [0.717, 1.165) is 29.4 Å². The Kier molecular flexibility index (Phi) is 5.07. The van der Waals surface area contributed by atoms with Gasteiger partial charge in [0.15, 0.2) is 0 Å². The monoisotopic (exact) mass is 271 g/mol. The van der Waals surface area contributed by atoms with E-state index in [9.17, 15) is 0 Å². The van der Waals surface area contributed by atoms with Gasteiger partial charge in [0.05, 0.1) is 12.3 Å². The minimum absolute atomic E-state index is 0.168. The number of nitrogens with zero attached hydrogens (tertiary/aromatic N) is 2. The molecule has 0 spiro atoms. The Hall–Kier alpha value is -1.94. The molecule has 0 fully saturated rings. The van der Waals surface area contributed by atoms with E-state index >= 15 is 0 Å². The van der Waals surface area contributed by atoms with Crippen LogP contribution in [0.25, 0.3) is 11.3 Å². The smallest absolute Gasteiger partial charge is 0.136 e. The van der Waals surface area contributed by atoms with Crippen LogP contribution in [-0.4, -0.2) is 30.2 Å². The van der Waals surface area contributed by atoms with Crippen molar-refractivity contribution in [2.45, 2.75) is 19.8 Å². The van der Waals surface area contributed by atoms with Crippen LogP contribution in [0.2, 0.25) is 0 Å². The van der Waals surface area contributed by atoms with E-state index in [1.54, 1.807) is 7.11 Å². The topological polar surface area (TPSA) is 47.0 Å². The standard InChI is InChI=1S/C16H21N3O/c1-4-17-15-10-14(13-8-6-5-7-9-13)18-16(19-15)12(2)11-20-3/h5-10,12H,4,11H2,1-3H3,(H,17,18,19). The van der Waals surface area contributed by atoms with Crippen molar-refractivity contribution < 1.29 is 4.74 Å². The number of methoxy groups -OCH3 is 1. The van der Waals surface area contributed by atoms with Crippen molar-refractivity contribution in [3.05, 3.63) is 42.2 Å². The van der Waals surface area contributed by atoms with E-state index in [1.807, 2.05) is 24.3 Å². The Morgan fingerprint density at radius 3 is 2.60 bits per heavy atom. The second kappa shape index (κ2) is 7.01. The predicted molar refractivity (Wildman–Crippen MR) is 81.9 cm³/mol. The predicted octanol–water partition coefficient (Wildman–Crippen LogP) is 3.33. The van der Waals surface area contributed by atoms with Crippen molar-refractivity contribution in [1.82, 2.24) is 9.97 Å². The highest BCUT2D eigenvalue weighted by Gasteiger charge is 2.12. The second-order valence-electron chi connectivity index (χ2n) is 4.75. The molecule has 1 N–H and O–H groups in total. The molecule has 0 aliphatic heterocycles. The van der Waals surface area contributed by atoms with E-state index in [2.05, 4.69) is 41.3 Å². The summed E-state index contributed by atoms with van der Waals surface area (Å²) < 4.78 is 5.20. The molecule has 0 amide bonds. The summed E-state index contributed by atoms with van der Waals surface area (Å²) >= 11 is 0. The molecule has 1 aromatic carbocycles. The van der Waals surface area contributed by atoms with E-state index < -0.39 is 0 Å². The van der Waals surface area contributed by atoms with Gasteiger partial charge >= 0.3 is 0 Å². The minimum atomic E-state index is 0.168. The second-order valence-corrected chi connectivity index (χ2v) is 4.75. The van der Waals surface area contributed by atoms with Gasteiger partial charge in [-0.2, -0.15) is 0 Å². The number of hydrogen-bond acceptors (Lipinski definition) is 4. The van der Waals surface area contributed by atoms with E-state index in [1.165, 1.54) is 0 Å². The minimum Gasteiger partial charge on any atom is -0.384 e. The highest BCUT2D eigenvalue weighted by atomic mass is 16.5. The summed E-state index contributed by atoms with van der Waals surface area (Å²) in [5, 5.41) is 3.26. The lowest BCUT2D eigenvalue weighted by molar-refractivity contribution is 0.181. The van der Waals surface area contributed by atoms with Gasteiger partial charge in [0, 0.05) is 31.2 Å². The molecule has 0 radical (unpaired) electrons. The first-order chi connectivity index (χ1) is 9.74. The Morgan fingerprint density at radius 1 is 1.20 bits per heavy atom. The fourth-order valence-electron chi connectivity index (χ4n) is 2.04. The van der Waals surface area contributed by atoms with Crippen molar-refractivity contribution in [2.75, 3.05) is 25.6 Å². The average molecular weight is 271 g/mol. The quantitative estimate of drug-likeness (QED) is 0.875. The van der Waals surface area contributed by atoms with Crippen LogP contribution < -0.4 is 5.32 Å². The highest BCUT2D eigenvalue weighted by molar-refractivity contribution is 5.62. The number of hydrogen-bond donors (Lipinski definition) is 1. The fourth-order valence-corrected chi connectivity index (χ4v) is 2.04. The summed E-state index contributed by atoms with van der Waals surface area (Å²) in [6, 6.07) is 12.1. The van der Waals surface area contributed by atoms with Gasteiger partial charge in [0.2, 0.25) is 0 Å². The first-order valence-electron chi connectivity index (χ1n) is 6.91. The fraction of sp³-hybridized carbons (Fsp3) is 0.375. The van der Waals surface area contributed by atoms with Crippen LogP contribution in [0.1, 0.15) is 25.6 Å². The first-order valence-corrected chi connectivity index (χ1v) is 6.91. The van der Waals surface area contributed by atoms with Crippen LogP contribution >= 0.6 is 0 Å². The third-order valence-corrected chi connectivity index (χ3v) is 3.03. The zero-order chi connectivity index (χ0) is 14.4. The summed E-state index contributed by atoms with van der Waals surface area (Å²) in [7, 11) is 1.70. The van der Waals surface area contributed by atoms with Crippen molar-refractivity contribution in [3.63, 3.8) is 0 Å². The van der Waals surface area contributed by atoms with Crippen LogP contribution in [0.5, 0.6) is 0 Å². The number of rotatable bonds is 6. The molecule has 0 aliphatic carbocycles. The normalized spacial score (nSPS) is 12.2. The van der Waals surface area contributed by atoms with Crippen LogP contribution in [0, 0.1) is 0 Å². The van der Waals surface area contributed by atoms with Crippen LogP contribution in [0.4, 0.5) is 5.82 Å². The highest BCUT2D eigenvalue weighted by Crippen LogP contribution is 2.22. The molecule has 0 bridgehead atoms. The summed E-state index contributed by atoms with van der Waals surface area (Å²) in [6.45, 7) is 5.58. The molecule has 1 unspecified atom stereocenters. The number of benzene rings is 1. The summed E-state index contributed by atoms with van der Waals surface area (Å²) in [5.41, 5.74) is 2.04. The van der Waals surface area contributed by atoms with Crippen molar-refractivity contribution in [1.29, 1.82) is 0 Å². The molecule has 1 heterocycles. The molecule has 2 rings (SSSR count). The molecule has 20 heavy (non-hydrogen) atoms. The molecule has 1 atom stereocenters. The van der Waals surface area contributed by atoms with Crippen molar-refractivity contribution in [2.24, 2.45) is 0 Å². The molecule has 4 heteroatoms. The van der Waals surface area contributed by atoms with E-state index in [-0.39, 0.29) is 5.92 Å². The van der Waals surface area contributed by atoms with Gasteiger partial charge in [0.25, 0.3) is 0 Å². The van der Waals surface area contributed by atoms with Gasteiger partial charge in [-0.25, -0.2) is 9.97 Å². The number of aromatic nitrogens is 2. The zero-order valence-corrected chi connectivity index (χ0v) is 12.3. The molecule has 1 aromatic heterocycles. The van der Waals surface area contributed by atoms with Crippen molar-refractivity contribution in [3.8, 4) is 11.3 Å². The Labute approximate surface area is 120 Å². The van der Waals surface area contributed by atoms with E-state index in [4.69, 9.17) is 4.74 Å². The van der Waals surface area contributed by atoms with Gasteiger partial charge in [-0.15, -0.1) is 0 Å². The maximum atomic E-state index is 5.20. The lowest BCUT2D eigenvalue weighted by Gasteiger charge is -2.13. The molecule has 0 saturated carbocycles. The van der Waals surface area contributed by atoms with Gasteiger partial charge in [-0.05, 0) is 6.92 Å². The summed E-state index contributed by atoms with van der Waals surface area (Å²) in [6.07, 6.45) is 0. The zero-order valence-electron chi connectivity index (χ0n) is 12.3. The van der Waals surface area contributed by atoms with Crippen LogP contribution in [-0.2, 0) is 4.74 Å². The average Bonchev–Trinajstić information content (AvgIpc) is 2.48. The van der Waals surface area contributed by atoms with Crippen LogP contribution in [0.15, 0.2) is 36.4 Å². The Balaban J connectivity index is 2.41. The molecule has 2 aromatic rings. The third-order valence-electron chi connectivity index (χ3n) is 3.03. The first kappa shape index (κ1) is 14.5. The lowest BCUT2D eigenvalue weighted by Crippen LogP contribution is -2.10. The van der Waals surface area contributed by atoms with Gasteiger partial charge in [-0.1, -0.05) is 37.3 Å². The number of ether oxygens (including phenoxy) is 1. The van der Waals surface area contributed by atoms with E-state index in [0.29, 0.717) is 6.61 Å². The SMILES string of the molecule is CCNc1cc(-c2ccccc2)nc(C(C)COC)n1. The molecular weight excluding hydrogens is 250 g/mol. The summed E-state index contributed by atoms with van der Waals surface area (Å²) in [4.78, 5) is 9.24. The van der Waals surface area contributed by atoms with Crippen LogP contribution in [0.3, 0.4) is 0 Å². The van der Waals surface area contributed by atoms with Crippen molar-refractivity contribution >= 4 is 5.82 Å². The Bertz CT molecular complexity index is 543. The molecular formula is C16H21N3O. The largest absolute Gasteiger partial charge is 0.384 e. The molecule has 4 nitrogen and oxygen atoms in total. The summed E-state index contributed by atoms with van der Waals surface area (Å²) in [5.74, 6) is 1.84. The Morgan fingerprint density at radius 2 is 1.95 bits per heavy atom. The number of anilines is 1. The van der Waals surface area contributed by atoms with Gasteiger partial charge in [0.1, 0.15) is 11.6 Å². The molecule has 0 aliphatic rings. The molecule has 0 saturated heterocycles. The number of nitrogens with one attached hydrogen (secondary N) is 1. The van der Waals surface area contributed by atoms with Gasteiger partial charge in [-0.3, -0.25) is 0 Å². The third kappa shape index (κ3) is 3.54. The lowest BCUT2D eigenvalue weighted by atomic mass is 10.1. The van der Waals surface area contributed by atoms with Gasteiger partial charge < -0.3 is 10.1 Å².